The van der Waals surface area contributed by atoms with Crippen LogP contribution in [0.3, 0.4) is 0 Å². The molecule has 1 atom stereocenters. The second kappa shape index (κ2) is 9.43. The Bertz CT molecular complexity index is 1330. The molecule has 0 saturated carbocycles. The minimum Gasteiger partial charge on any atom is -0.335 e. The molecule has 11 heteroatoms. The van der Waals surface area contributed by atoms with E-state index in [0.717, 1.165) is 0 Å². The number of aromatic nitrogens is 1. The summed E-state index contributed by atoms with van der Waals surface area (Å²) in [6.45, 7) is 3.93. The van der Waals surface area contributed by atoms with Gasteiger partial charge in [0.1, 0.15) is 11.9 Å². The van der Waals surface area contributed by atoms with E-state index >= 15 is 0 Å². The molecule has 184 valence electrons. The molecule has 0 aliphatic carbocycles. The first-order valence-electron chi connectivity index (χ1n) is 10.8. The molecule has 1 aliphatic heterocycles. The molecule has 2 N–H and O–H groups in total. The maximum atomic E-state index is 14.0. The first-order chi connectivity index (χ1) is 16.2. The van der Waals surface area contributed by atoms with Crippen LogP contribution in [0, 0.1) is 5.82 Å². The van der Waals surface area contributed by atoms with E-state index in [9.17, 15) is 22.4 Å². The molecule has 0 unspecified atom stereocenters. The van der Waals surface area contributed by atoms with Crippen molar-refractivity contribution in [2.75, 3.05) is 38.5 Å². The highest BCUT2D eigenvalue weighted by Gasteiger charge is 2.24. The van der Waals surface area contributed by atoms with Crippen molar-refractivity contribution in [1.82, 2.24) is 19.1 Å². The molecular formula is C23H30FN5O4S. The van der Waals surface area contributed by atoms with Gasteiger partial charge in [-0.3, -0.25) is 4.79 Å². The van der Waals surface area contributed by atoms with Gasteiger partial charge in [0, 0.05) is 46.3 Å². The van der Waals surface area contributed by atoms with Gasteiger partial charge in [0.05, 0.1) is 10.4 Å². The fourth-order valence-electron chi connectivity index (χ4n) is 3.83. The highest BCUT2D eigenvalue weighted by Crippen LogP contribution is 2.24. The van der Waals surface area contributed by atoms with Crippen molar-refractivity contribution in [3.05, 3.63) is 60.5 Å². The van der Waals surface area contributed by atoms with Gasteiger partial charge in [0.25, 0.3) is 10.0 Å². The number of hydrogen-bond donors (Lipinski definition) is 2. The molecule has 0 spiro atoms. The number of nitrogens with zero attached hydrogens (tertiary/aromatic N) is 3. The molecule has 34 heavy (non-hydrogen) atoms. The predicted octanol–water partition coefficient (Wildman–Crippen LogP) is 3.12. The van der Waals surface area contributed by atoms with Gasteiger partial charge in [0.15, 0.2) is 0 Å². The van der Waals surface area contributed by atoms with Crippen LogP contribution in [0.15, 0.2) is 59.6 Å². The Balaban J connectivity index is 0.00000228. The highest BCUT2D eigenvalue weighted by atomic mass is 32.2. The lowest BCUT2D eigenvalue weighted by atomic mass is 10.2. The Labute approximate surface area is 200 Å². The molecule has 2 heterocycles. The first kappa shape index (κ1) is 23.7. The van der Waals surface area contributed by atoms with Crippen LogP contribution in [0.1, 0.15) is 15.8 Å². The second-order valence-electron chi connectivity index (χ2n) is 8.29. The maximum absolute atomic E-state index is 14.0. The average Bonchev–Trinajstić information content (AvgIpc) is 3.24. The van der Waals surface area contributed by atoms with Gasteiger partial charge in [-0.15, -0.1) is 0 Å². The standard InChI is InChI=1S/C23H26FN5O4S.2H2/c1-16(29-11-10-19-20(24)4-3-5-21(19)29)22(30)25-17-6-8-18(9-7-17)34(32,33)26-23(31)28-14-12-27(2)13-15-28;;/h3-11,16H,12-15H2,1-2H3,(H,25,30)(H,26,31);2*1H/t16-;;/m1../s1. The van der Waals surface area contributed by atoms with E-state index in [-0.39, 0.29) is 19.5 Å². The molecule has 9 nitrogen and oxygen atoms in total. The van der Waals surface area contributed by atoms with Crippen LogP contribution in [-0.4, -0.2) is 67.9 Å². The van der Waals surface area contributed by atoms with Crippen molar-refractivity contribution >= 4 is 38.6 Å². The molecule has 0 bridgehead atoms. The summed E-state index contributed by atoms with van der Waals surface area (Å²) in [7, 11) is -2.12. The summed E-state index contributed by atoms with van der Waals surface area (Å²) >= 11 is 0. The third kappa shape index (κ3) is 4.90. The van der Waals surface area contributed by atoms with Crippen LogP contribution in [0.4, 0.5) is 14.9 Å². The van der Waals surface area contributed by atoms with Gasteiger partial charge in [-0.2, -0.15) is 0 Å². The van der Waals surface area contributed by atoms with Gasteiger partial charge in [0.2, 0.25) is 5.91 Å². The predicted molar refractivity (Wildman–Crippen MR) is 131 cm³/mol. The van der Waals surface area contributed by atoms with E-state index in [1.807, 2.05) is 7.05 Å². The summed E-state index contributed by atoms with van der Waals surface area (Å²) in [6, 6.07) is 10.5. The number of piperazine rings is 1. The van der Waals surface area contributed by atoms with Crippen LogP contribution in [0.25, 0.3) is 10.9 Å². The number of halogens is 1. The number of fused-ring (bicyclic) bond motifs is 1. The van der Waals surface area contributed by atoms with Gasteiger partial charge >= 0.3 is 6.03 Å². The average molecular weight is 492 g/mol. The zero-order valence-corrected chi connectivity index (χ0v) is 19.7. The lowest BCUT2D eigenvalue weighted by Crippen LogP contribution is -2.51. The summed E-state index contributed by atoms with van der Waals surface area (Å²) in [5.41, 5.74) is 0.990. The number of nitrogens with one attached hydrogen (secondary N) is 2. The van der Waals surface area contributed by atoms with Crippen molar-refractivity contribution in [1.29, 1.82) is 0 Å². The molecule has 0 radical (unpaired) electrons. The number of urea groups is 1. The Hall–Kier alpha value is -3.44. The van der Waals surface area contributed by atoms with E-state index < -0.39 is 22.1 Å². The van der Waals surface area contributed by atoms with Crippen molar-refractivity contribution in [2.45, 2.75) is 17.9 Å². The van der Waals surface area contributed by atoms with E-state index in [1.165, 1.54) is 35.2 Å². The zero-order chi connectivity index (χ0) is 24.5. The lowest BCUT2D eigenvalue weighted by Gasteiger charge is -2.32. The Morgan fingerprint density at radius 2 is 1.71 bits per heavy atom. The van der Waals surface area contributed by atoms with Gasteiger partial charge in [-0.05, 0) is 56.4 Å². The number of carbonyl (C=O) groups is 2. The second-order valence-corrected chi connectivity index (χ2v) is 9.97. The molecular weight excluding hydrogens is 461 g/mol. The molecule has 4 rings (SSSR count). The van der Waals surface area contributed by atoms with Gasteiger partial charge in [-0.25, -0.2) is 22.3 Å². The molecule has 3 aromatic rings. The van der Waals surface area contributed by atoms with Crippen LogP contribution in [0.2, 0.25) is 0 Å². The maximum Gasteiger partial charge on any atom is 0.331 e. The molecule has 1 saturated heterocycles. The van der Waals surface area contributed by atoms with E-state index in [2.05, 4.69) is 14.9 Å². The molecule has 1 aromatic heterocycles. The summed E-state index contributed by atoms with van der Waals surface area (Å²) in [5, 5.41) is 3.16. The minimum absolute atomic E-state index is 0. The number of sulfonamides is 1. The third-order valence-electron chi connectivity index (χ3n) is 5.95. The number of benzene rings is 2. The largest absolute Gasteiger partial charge is 0.335 e. The van der Waals surface area contributed by atoms with Crippen LogP contribution >= 0.6 is 0 Å². The molecule has 1 aliphatic rings. The molecule has 3 amide bonds. The van der Waals surface area contributed by atoms with Gasteiger partial charge < -0.3 is 19.7 Å². The summed E-state index contributed by atoms with van der Waals surface area (Å²) in [4.78, 5) is 28.5. The van der Waals surface area contributed by atoms with Crippen LogP contribution in [0.5, 0.6) is 0 Å². The van der Waals surface area contributed by atoms with Crippen LogP contribution in [-0.2, 0) is 14.8 Å². The van der Waals surface area contributed by atoms with Crippen molar-refractivity contribution in [3.63, 3.8) is 0 Å². The fourth-order valence-corrected chi connectivity index (χ4v) is 4.80. The lowest BCUT2D eigenvalue weighted by molar-refractivity contribution is -0.118. The van der Waals surface area contributed by atoms with Crippen LogP contribution < -0.4 is 10.0 Å². The normalized spacial score (nSPS) is 15.8. The van der Waals surface area contributed by atoms with Crippen molar-refractivity contribution in [2.24, 2.45) is 0 Å². The van der Waals surface area contributed by atoms with E-state index in [4.69, 9.17) is 0 Å². The van der Waals surface area contributed by atoms with E-state index in [1.54, 1.807) is 35.9 Å². The number of carbonyl (C=O) groups excluding carboxylic acids is 2. The highest BCUT2D eigenvalue weighted by molar-refractivity contribution is 7.90. The Kier molecular flexibility index (Phi) is 6.58. The molecule has 2 aromatic carbocycles. The Morgan fingerprint density at radius 1 is 1.03 bits per heavy atom. The topological polar surface area (TPSA) is 104 Å². The third-order valence-corrected chi connectivity index (χ3v) is 7.29. The van der Waals surface area contributed by atoms with Crippen molar-refractivity contribution in [3.8, 4) is 0 Å². The smallest absolute Gasteiger partial charge is 0.331 e. The van der Waals surface area contributed by atoms with Crippen molar-refractivity contribution < 1.29 is 25.3 Å². The number of hydrogen-bond acceptors (Lipinski definition) is 5. The fraction of sp³-hybridized carbons (Fsp3) is 0.304. The van der Waals surface area contributed by atoms with E-state index in [0.29, 0.717) is 42.8 Å². The first-order valence-corrected chi connectivity index (χ1v) is 12.3. The number of amides is 3. The summed E-state index contributed by atoms with van der Waals surface area (Å²) in [5.74, 6) is -0.707. The Morgan fingerprint density at radius 3 is 2.38 bits per heavy atom. The quantitative estimate of drug-likeness (QED) is 0.571. The monoisotopic (exact) mass is 491 g/mol. The summed E-state index contributed by atoms with van der Waals surface area (Å²) in [6.07, 6.45) is 1.65. The minimum atomic E-state index is -4.05. The molecule has 1 fully saturated rings. The van der Waals surface area contributed by atoms with Gasteiger partial charge in [-0.1, -0.05) is 6.07 Å². The SMILES string of the molecule is C[C@H](C(=O)Nc1ccc(S(=O)(=O)NC(=O)N2CCN(C)CC2)cc1)n1ccc2c(F)cccc21.[HH].[HH]. The number of likely N-dealkylation sites (N-methyl/N-ethyl adjacent to an activating group) is 1. The zero-order valence-electron chi connectivity index (χ0n) is 18.9. The number of anilines is 1. The number of rotatable bonds is 5. The summed E-state index contributed by atoms with van der Waals surface area (Å²) < 4.78 is 42.9.